The van der Waals surface area contributed by atoms with Crippen molar-refractivity contribution in [3.8, 4) is 11.4 Å². The van der Waals surface area contributed by atoms with E-state index in [0.717, 1.165) is 12.0 Å². The second kappa shape index (κ2) is 6.95. The SMILES string of the molecule is O=C(CCc1ccsc1)Nc1cnc(-c2ccccc2)nc1. The van der Waals surface area contributed by atoms with Crippen LogP contribution in [0.4, 0.5) is 5.69 Å². The fourth-order valence-electron chi connectivity index (χ4n) is 2.05. The van der Waals surface area contributed by atoms with Gasteiger partial charge in [0.25, 0.3) is 0 Å². The van der Waals surface area contributed by atoms with Gasteiger partial charge in [0, 0.05) is 12.0 Å². The largest absolute Gasteiger partial charge is 0.323 e. The van der Waals surface area contributed by atoms with Crippen molar-refractivity contribution < 1.29 is 4.79 Å². The number of amides is 1. The van der Waals surface area contributed by atoms with Crippen molar-refractivity contribution in [2.45, 2.75) is 12.8 Å². The first kappa shape index (κ1) is 14.4. The highest BCUT2D eigenvalue weighted by atomic mass is 32.1. The minimum Gasteiger partial charge on any atom is -0.323 e. The van der Waals surface area contributed by atoms with E-state index in [1.807, 2.05) is 41.8 Å². The Kier molecular flexibility index (Phi) is 4.56. The Morgan fingerprint density at radius 2 is 1.86 bits per heavy atom. The third kappa shape index (κ3) is 3.77. The van der Waals surface area contributed by atoms with E-state index < -0.39 is 0 Å². The minimum atomic E-state index is -0.0257. The highest BCUT2D eigenvalue weighted by Crippen LogP contribution is 2.15. The molecule has 0 radical (unpaired) electrons. The third-order valence-corrected chi connectivity index (χ3v) is 3.92. The summed E-state index contributed by atoms with van der Waals surface area (Å²) < 4.78 is 0. The summed E-state index contributed by atoms with van der Waals surface area (Å²) in [5, 5.41) is 6.90. The van der Waals surface area contributed by atoms with Crippen LogP contribution in [0.25, 0.3) is 11.4 Å². The van der Waals surface area contributed by atoms with Crippen LogP contribution in [-0.2, 0) is 11.2 Å². The van der Waals surface area contributed by atoms with Crippen molar-refractivity contribution in [3.05, 3.63) is 65.1 Å². The van der Waals surface area contributed by atoms with Crippen molar-refractivity contribution in [3.63, 3.8) is 0 Å². The molecule has 1 amide bonds. The molecule has 0 saturated heterocycles. The first-order valence-electron chi connectivity index (χ1n) is 6.99. The predicted octanol–water partition coefficient (Wildman–Crippen LogP) is 3.78. The minimum absolute atomic E-state index is 0.0257. The molecule has 3 rings (SSSR count). The molecule has 0 aliphatic rings. The maximum atomic E-state index is 11.9. The number of anilines is 1. The maximum Gasteiger partial charge on any atom is 0.224 e. The van der Waals surface area contributed by atoms with E-state index in [1.165, 1.54) is 5.56 Å². The number of benzene rings is 1. The van der Waals surface area contributed by atoms with Crippen LogP contribution < -0.4 is 5.32 Å². The number of rotatable bonds is 5. The van der Waals surface area contributed by atoms with Crippen LogP contribution in [-0.4, -0.2) is 15.9 Å². The fraction of sp³-hybridized carbons (Fsp3) is 0.118. The lowest BCUT2D eigenvalue weighted by Crippen LogP contribution is -2.12. The molecule has 0 spiro atoms. The molecule has 2 aromatic heterocycles. The van der Waals surface area contributed by atoms with E-state index in [4.69, 9.17) is 0 Å². The molecule has 1 aromatic carbocycles. The Hall–Kier alpha value is -2.53. The van der Waals surface area contributed by atoms with E-state index in [9.17, 15) is 4.79 Å². The molecule has 0 unspecified atom stereocenters. The molecule has 3 aromatic rings. The van der Waals surface area contributed by atoms with Crippen molar-refractivity contribution in [1.29, 1.82) is 0 Å². The van der Waals surface area contributed by atoms with Gasteiger partial charge in [-0.3, -0.25) is 4.79 Å². The maximum absolute atomic E-state index is 11.9. The Morgan fingerprint density at radius 1 is 1.09 bits per heavy atom. The van der Waals surface area contributed by atoms with Gasteiger partial charge in [-0.15, -0.1) is 0 Å². The summed E-state index contributed by atoms with van der Waals surface area (Å²) in [6.07, 6.45) is 4.48. The van der Waals surface area contributed by atoms with Crippen LogP contribution >= 0.6 is 11.3 Å². The van der Waals surface area contributed by atoms with Crippen LogP contribution in [0.3, 0.4) is 0 Å². The van der Waals surface area contributed by atoms with Crippen LogP contribution in [0.5, 0.6) is 0 Å². The Balaban J connectivity index is 1.58. The standard InChI is InChI=1S/C17H15N3OS/c21-16(7-6-13-8-9-22-12-13)20-15-10-18-17(19-11-15)14-4-2-1-3-5-14/h1-5,8-12H,6-7H2,(H,20,21). The van der Waals surface area contributed by atoms with Crippen LogP contribution in [0.15, 0.2) is 59.6 Å². The molecule has 22 heavy (non-hydrogen) atoms. The molecule has 0 atom stereocenters. The molecule has 2 heterocycles. The summed E-state index contributed by atoms with van der Waals surface area (Å²) >= 11 is 1.64. The second-order valence-corrected chi connectivity index (χ2v) is 5.62. The van der Waals surface area contributed by atoms with Crippen LogP contribution in [0.2, 0.25) is 0 Å². The lowest BCUT2D eigenvalue weighted by atomic mass is 10.2. The molecule has 110 valence electrons. The topological polar surface area (TPSA) is 54.9 Å². The first-order chi connectivity index (χ1) is 10.8. The second-order valence-electron chi connectivity index (χ2n) is 4.84. The smallest absolute Gasteiger partial charge is 0.224 e. The van der Waals surface area contributed by atoms with Crippen molar-refractivity contribution in [2.24, 2.45) is 0 Å². The number of hydrogen-bond donors (Lipinski definition) is 1. The Morgan fingerprint density at radius 3 is 2.55 bits per heavy atom. The van der Waals surface area contributed by atoms with E-state index in [2.05, 4.69) is 20.7 Å². The van der Waals surface area contributed by atoms with Gasteiger partial charge >= 0.3 is 0 Å². The quantitative estimate of drug-likeness (QED) is 0.780. The normalized spacial score (nSPS) is 10.4. The summed E-state index contributed by atoms with van der Waals surface area (Å²) in [6.45, 7) is 0. The Labute approximate surface area is 132 Å². The number of nitrogens with one attached hydrogen (secondary N) is 1. The number of carbonyl (C=O) groups excluding carboxylic acids is 1. The van der Waals surface area contributed by atoms with Gasteiger partial charge in [-0.1, -0.05) is 30.3 Å². The van der Waals surface area contributed by atoms with Gasteiger partial charge in [-0.25, -0.2) is 9.97 Å². The zero-order chi connectivity index (χ0) is 15.2. The summed E-state index contributed by atoms with van der Waals surface area (Å²) in [7, 11) is 0. The number of aryl methyl sites for hydroxylation is 1. The molecular weight excluding hydrogens is 294 g/mol. The summed E-state index contributed by atoms with van der Waals surface area (Å²) in [5.41, 5.74) is 2.77. The van der Waals surface area contributed by atoms with Crippen molar-refractivity contribution in [2.75, 3.05) is 5.32 Å². The number of aromatic nitrogens is 2. The van der Waals surface area contributed by atoms with Gasteiger partial charge in [-0.2, -0.15) is 11.3 Å². The van der Waals surface area contributed by atoms with E-state index >= 15 is 0 Å². The number of hydrogen-bond acceptors (Lipinski definition) is 4. The van der Waals surface area contributed by atoms with Gasteiger partial charge in [0.15, 0.2) is 5.82 Å². The van der Waals surface area contributed by atoms with Gasteiger partial charge < -0.3 is 5.32 Å². The number of thiophene rings is 1. The molecule has 0 aliphatic carbocycles. The molecule has 1 N–H and O–H groups in total. The molecule has 0 saturated carbocycles. The van der Waals surface area contributed by atoms with Crippen molar-refractivity contribution in [1.82, 2.24) is 9.97 Å². The number of carbonyl (C=O) groups is 1. The van der Waals surface area contributed by atoms with E-state index in [0.29, 0.717) is 17.9 Å². The predicted molar refractivity (Wildman–Crippen MR) is 88.7 cm³/mol. The zero-order valence-electron chi connectivity index (χ0n) is 11.9. The third-order valence-electron chi connectivity index (χ3n) is 3.19. The molecule has 0 bridgehead atoms. The average molecular weight is 309 g/mol. The van der Waals surface area contributed by atoms with Gasteiger partial charge in [-0.05, 0) is 28.8 Å². The van der Waals surface area contributed by atoms with Crippen LogP contribution in [0.1, 0.15) is 12.0 Å². The lowest BCUT2D eigenvalue weighted by Gasteiger charge is -2.05. The summed E-state index contributed by atoms with van der Waals surface area (Å²) in [6, 6.07) is 11.8. The zero-order valence-corrected chi connectivity index (χ0v) is 12.7. The molecule has 0 aliphatic heterocycles. The molecular formula is C17H15N3OS. The van der Waals surface area contributed by atoms with Crippen molar-refractivity contribution >= 4 is 22.9 Å². The first-order valence-corrected chi connectivity index (χ1v) is 7.94. The van der Waals surface area contributed by atoms with Crippen LogP contribution in [0, 0.1) is 0 Å². The lowest BCUT2D eigenvalue weighted by molar-refractivity contribution is -0.116. The molecule has 4 nitrogen and oxygen atoms in total. The fourth-order valence-corrected chi connectivity index (χ4v) is 2.75. The highest BCUT2D eigenvalue weighted by Gasteiger charge is 2.05. The van der Waals surface area contributed by atoms with E-state index in [-0.39, 0.29) is 5.91 Å². The van der Waals surface area contributed by atoms with Gasteiger partial charge in [0.2, 0.25) is 5.91 Å². The van der Waals surface area contributed by atoms with E-state index in [1.54, 1.807) is 23.7 Å². The molecule has 5 heteroatoms. The summed E-state index contributed by atoms with van der Waals surface area (Å²) in [5.74, 6) is 0.624. The molecule has 0 fully saturated rings. The average Bonchev–Trinajstić information content (AvgIpc) is 3.08. The van der Waals surface area contributed by atoms with Gasteiger partial charge in [0.1, 0.15) is 0 Å². The highest BCUT2D eigenvalue weighted by molar-refractivity contribution is 7.07. The summed E-state index contributed by atoms with van der Waals surface area (Å²) in [4.78, 5) is 20.5. The number of nitrogens with zero attached hydrogens (tertiary/aromatic N) is 2. The monoisotopic (exact) mass is 309 g/mol. The van der Waals surface area contributed by atoms with Gasteiger partial charge in [0.05, 0.1) is 18.1 Å². The Bertz CT molecular complexity index is 724.